The number of nitrogens with one attached hydrogen (secondary N) is 2. The predicted molar refractivity (Wildman–Crippen MR) is 94.6 cm³/mol. The maximum atomic E-state index is 11.0. The number of amides is 1. The Morgan fingerprint density at radius 1 is 1.29 bits per heavy atom. The molecule has 0 spiro atoms. The lowest BCUT2D eigenvalue weighted by Gasteiger charge is -2.13. The van der Waals surface area contributed by atoms with Crippen molar-refractivity contribution >= 4 is 17.8 Å². The number of aliphatic carboxylic acids is 1. The highest BCUT2D eigenvalue weighted by atomic mass is 16.4. The first kappa shape index (κ1) is 21.4. The quantitative estimate of drug-likeness (QED) is 0.341. The molecule has 1 aromatic rings. The summed E-state index contributed by atoms with van der Waals surface area (Å²) in [7, 11) is 1.66. The molecule has 0 saturated heterocycles. The minimum absolute atomic E-state index is 0.210. The summed E-state index contributed by atoms with van der Waals surface area (Å²) in [6, 6.07) is 8.17. The zero-order valence-corrected chi connectivity index (χ0v) is 14.2. The van der Waals surface area contributed by atoms with E-state index >= 15 is 0 Å². The van der Waals surface area contributed by atoms with Crippen molar-refractivity contribution in [1.29, 1.82) is 0 Å². The monoisotopic (exact) mass is 337 g/mol. The third-order valence-corrected chi connectivity index (χ3v) is 2.90. The number of aliphatic imine (C=N–C) groups is 1. The van der Waals surface area contributed by atoms with E-state index in [-0.39, 0.29) is 13.0 Å². The molecule has 0 unspecified atom stereocenters. The smallest absolute Gasteiger partial charge is 0.326 e. The lowest BCUT2D eigenvalue weighted by molar-refractivity contribution is -0.141. The molecule has 0 radical (unpaired) electrons. The number of hydrogen-bond acceptors (Lipinski definition) is 4. The van der Waals surface area contributed by atoms with Crippen molar-refractivity contribution in [1.82, 2.24) is 10.6 Å². The molecular weight excluding hydrogens is 310 g/mol. The Balaban J connectivity index is 0.000000561. The molecule has 1 amide bonds. The standard InChI is InChI=1S/C11H14N2O3.C5H13N3/c12-7-10(14)13-9(11(15)16)6-8-4-2-1-3-5-8;1-3-4-8-5(6)7-2/h1-5,9H,6-7,12H2,(H,13,14)(H,15,16);3-4H2,1-2H3,(H3,6,7,8)/t9-;/m0./s1. The Hall–Kier alpha value is -2.61. The molecule has 0 heterocycles. The van der Waals surface area contributed by atoms with Gasteiger partial charge in [-0.05, 0) is 12.0 Å². The molecule has 0 fully saturated rings. The van der Waals surface area contributed by atoms with Crippen LogP contribution >= 0.6 is 0 Å². The summed E-state index contributed by atoms with van der Waals surface area (Å²) in [6.07, 6.45) is 1.33. The van der Waals surface area contributed by atoms with Gasteiger partial charge in [0.05, 0.1) is 6.54 Å². The topological polar surface area (TPSA) is 143 Å². The van der Waals surface area contributed by atoms with Crippen molar-refractivity contribution in [3.05, 3.63) is 35.9 Å². The molecule has 0 aliphatic heterocycles. The summed E-state index contributed by atoms with van der Waals surface area (Å²) in [5.41, 5.74) is 11.3. The molecule has 1 atom stereocenters. The molecule has 8 heteroatoms. The zero-order valence-electron chi connectivity index (χ0n) is 14.2. The number of nitrogens with zero attached hydrogens (tertiary/aromatic N) is 1. The molecule has 0 aromatic heterocycles. The van der Waals surface area contributed by atoms with Gasteiger partial charge in [-0.25, -0.2) is 4.79 Å². The molecular formula is C16H27N5O3. The molecule has 1 rings (SSSR count). The third kappa shape index (κ3) is 10.2. The second-order valence-electron chi connectivity index (χ2n) is 4.89. The largest absolute Gasteiger partial charge is 0.480 e. The first-order valence-electron chi connectivity index (χ1n) is 7.66. The third-order valence-electron chi connectivity index (χ3n) is 2.90. The van der Waals surface area contributed by atoms with Crippen molar-refractivity contribution in [2.45, 2.75) is 25.8 Å². The van der Waals surface area contributed by atoms with E-state index < -0.39 is 17.9 Å². The fourth-order valence-corrected chi connectivity index (χ4v) is 1.64. The van der Waals surface area contributed by atoms with Gasteiger partial charge in [-0.2, -0.15) is 0 Å². The number of carbonyl (C=O) groups excluding carboxylic acids is 1. The van der Waals surface area contributed by atoms with E-state index in [1.165, 1.54) is 0 Å². The second kappa shape index (κ2) is 12.9. The van der Waals surface area contributed by atoms with Crippen molar-refractivity contribution in [3.8, 4) is 0 Å². The van der Waals surface area contributed by atoms with Gasteiger partial charge >= 0.3 is 5.97 Å². The van der Waals surface area contributed by atoms with Gasteiger partial charge < -0.3 is 27.2 Å². The normalized spacial score (nSPS) is 11.7. The van der Waals surface area contributed by atoms with Crippen LogP contribution in [0.3, 0.4) is 0 Å². The van der Waals surface area contributed by atoms with E-state index in [1.807, 2.05) is 30.3 Å². The van der Waals surface area contributed by atoms with Gasteiger partial charge in [0.2, 0.25) is 5.91 Å². The van der Waals surface area contributed by atoms with E-state index in [9.17, 15) is 9.59 Å². The molecule has 7 N–H and O–H groups in total. The minimum Gasteiger partial charge on any atom is -0.480 e. The van der Waals surface area contributed by atoms with Crippen LogP contribution in [0.4, 0.5) is 0 Å². The predicted octanol–water partition coefficient (Wildman–Crippen LogP) is -0.312. The molecule has 134 valence electrons. The van der Waals surface area contributed by atoms with Crippen LogP contribution < -0.4 is 22.1 Å². The fourth-order valence-electron chi connectivity index (χ4n) is 1.64. The van der Waals surface area contributed by atoms with Crippen LogP contribution in [0.2, 0.25) is 0 Å². The van der Waals surface area contributed by atoms with Gasteiger partial charge in [0.15, 0.2) is 5.96 Å². The average molecular weight is 337 g/mol. The Morgan fingerprint density at radius 2 is 1.92 bits per heavy atom. The lowest BCUT2D eigenvalue weighted by Crippen LogP contribution is -2.44. The number of hydrogen-bond donors (Lipinski definition) is 5. The van der Waals surface area contributed by atoms with Crippen molar-refractivity contribution in [2.75, 3.05) is 20.1 Å². The average Bonchev–Trinajstić information content (AvgIpc) is 2.60. The van der Waals surface area contributed by atoms with Gasteiger partial charge in [0, 0.05) is 20.0 Å². The number of nitrogens with two attached hydrogens (primary N) is 2. The van der Waals surface area contributed by atoms with E-state index in [1.54, 1.807) is 7.05 Å². The maximum Gasteiger partial charge on any atom is 0.326 e. The minimum atomic E-state index is -1.06. The summed E-state index contributed by atoms with van der Waals surface area (Å²) >= 11 is 0. The first-order chi connectivity index (χ1) is 11.4. The number of benzene rings is 1. The van der Waals surface area contributed by atoms with Crippen LogP contribution in [-0.4, -0.2) is 49.1 Å². The van der Waals surface area contributed by atoms with Gasteiger partial charge in [0.1, 0.15) is 6.04 Å². The highest BCUT2D eigenvalue weighted by molar-refractivity contribution is 5.84. The number of carboxylic acids is 1. The molecule has 0 aliphatic rings. The summed E-state index contributed by atoms with van der Waals surface area (Å²) in [5.74, 6) is -1.01. The number of guanidine groups is 1. The van der Waals surface area contributed by atoms with Crippen molar-refractivity contribution in [2.24, 2.45) is 16.5 Å². The molecule has 0 bridgehead atoms. The summed E-state index contributed by atoms with van der Waals surface area (Å²) < 4.78 is 0. The van der Waals surface area contributed by atoms with Gasteiger partial charge in [-0.15, -0.1) is 0 Å². The Kier molecular flexibility index (Phi) is 11.5. The lowest BCUT2D eigenvalue weighted by atomic mass is 10.1. The highest BCUT2D eigenvalue weighted by Gasteiger charge is 2.19. The zero-order chi connectivity index (χ0) is 18.4. The Labute approximate surface area is 142 Å². The van der Waals surface area contributed by atoms with Gasteiger partial charge in [-0.1, -0.05) is 37.3 Å². The molecule has 24 heavy (non-hydrogen) atoms. The van der Waals surface area contributed by atoms with Crippen LogP contribution in [0.5, 0.6) is 0 Å². The number of carboxylic acid groups (broad SMARTS) is 1. The summed E-state index contributed by atoms with van der Waals surface area (Å²) in [6.45, 7) is 2.78. The highest BCUT2D eigenvalue weighted by Crippen LogP contribution is 2.03. The van der Waals surface area contributed by atoms with Crippen molar-refractivity contribution in [3.63, 3.8) is 0 Å². The molecule has 1 aromatic carbocycles. The van der Waals surface area contributed by atoms with E-state index in [2.05, 4.69) is 22.5 Å². The van der Waals surface area contributed by atoms with Gasteiger partial charge in [0.25, 0.3) is 0 Å². The summed E-state index contributed by atoms with van der Waals surface area (Å²) in [4.78, 5) is 25.6. The molecule has 8 nitrogen and oxygen atoms in total. The van der Waals surface area contributed by atoms with Crippen LogP contribution in [0.25, 0.3) is 0 Å². The first-order valence-corrected chi connectivity index (χ1v) is 7.66. The van der Waals surface area contributed by atoms with E-state index in [0.29, 0.717) is 5.96 Å². The van der Waals surface area contributed by atoms with Crippen LogP contribution in [0, 0.1) is 0 Å². The van der Waals surface area contributed by atoms with Crippen LogP contribution in [0.15, 0.2) is 35.3 Å². The molecule has 0 saturated carbocycles. The Morgan fingerprint density at radius 3 is 2.38 bits per heavy atom. The number of rotatable bonds is 7. The van der Waals surface area contributed by atoms with Gasteiger partial charge in [-0.3, -0.25) is 9.79 Å². The molecule has 0 aliphatic carbocycles. The SMILES string of the molecule is CCCNC(N)=NC.NCC(=O)N[C@@H](Cc1ccccc1)C(=O)O. The fraction of sp³-hybridized carbons (Fsp3) is 0.438. The maximum absolute atomic E-state index is 11.0. The Bertz CT molecular complexity index is 520. The van der Waals surface area contributed by atoms with Crippen LogP contribution in [-0.2, 0) is 16.0 Å². The number of carbonyl (C=O) groups is 2. The van der Waals surface area contributed by atoms with Crippen LogP contribution in [0.1, 0.15) is 18.9 Å². The van der Waals surface area contributed by atoms with E-state index in [4.69, 9.17) is 16.6 Å². The second-order valence-corrected chi connectivity index (χ2v) is 4.89. The van der Waals surface area contributed by atoms with E-state index in [0.717, 1.165) is 18.5 Å². The van der Waals surface area contributed by atoms with Crippen molar-refractivity contribution < 1.29 is 14.7 Å². The summed E-state index contributed by atoms with van der Waals surface area (Å²) in [5, 5.41) is 14.2.